The van der Waals surface area contributed by atoms with Crippen LogP contribution in [0.2, 0.25) is 0 Å². The maximum Gasteiger partial charge on any atom is 0.315 e. The average molecular weight is 260 g/mol. The van der Waals surface area contributed by atoms with Crippen LogP contribution < -0.4 is 0 Å². The number of hydrogen-bond acceptors (Lipinski definition) is 3. The van der Waals surface area contributed by atoms with Gasteiger partial charge in [-0.25, -0.2) is 0 Å². The highest BCUT2D eigenvalue weighted by molar-refractivity contribution is 7.99. The SMILES string of the molecule is CCOC(=O)CSCCC(C)CCCC(C)C. The molecule has 0 aliphatic rings. The fraction of sp³-hybridized carbons (Fsp3) is 0.929. The first kappa shape index (κ1) is 16.8. The first-order chi connectivity index (χ1) is 8.06. The zero-order valence-electron chi connectivity index (χ0n) is 11.8. The Kier molecular flexibility index (Phi) is 10.8. The van der Waals surface area contributed by atoms with E-state index >= 15 is 0 Å². The molecular formula is C14H28O2S. The Morgan fingerprint density at radius 2 is 1.88 bits per heavy atom. The molecular weight excluding hydrogens is 232 g/mol. The molecule has 1 unspecified atom stereocenters. The molecule has 0 spiro atoms. The van der Waals surface area contributed by atoms with Crippen molar-refractivity contribution >= 4 is 17.7 Å². The third kappa shape index (κ3) is 12.1. The second-order valence-corrected chi connectivity index (χ2v) is 6.18. The summed E-state index contributed by atoms with van der Waals surface area (Å²) >= 11 is 1.69. The zero-order valence-corrected chi connectivity index (χ0v) is 12.6. The Labute approximate surface area is 111 Å². The molecule has 0 saturated carbocycles. The van der Waals surface area contributed by atoms with Gasteiger partial charge in [0.2, 0.25) is 0 Å². The molecule has 102 valence electrons. The summed E-state index contributed by atoms with van der Waals surface area (Å²) in [7, 11) is 0. The fourth-order valence-corrected chi connectivity index (χ4v) is 2.62. The minimum absolute atomic E-state index is 0.0787. The smallest absolute Gasteiger partial charge is 0.315 e. The fourth-order valence-electron chi connectivity index (χ4n) is 1.66. The number of hydrogen-bond donors (Lipinski definition) is 0. The number of carbonyl (C=O) groups excluding carboxylic acids is 1. The molecule has 2 nitrogen and oxygen atoms in total. The van der Waals surface area contributed by atoms with Crippen LogP contribution in [0.4, 0.5) is 0 Å². The van der Waals surface area contributed by atoms with Crippen molar-refractivity contribution in [2.45, 2.75) is 53.4 Å². The second kappa shape index (κ2) is 10.9. The minimum atomic E-state index is -0.0787. The van der Waals surface area contributed by atoms with E-state index in [2.05, 4.69) is 20.8 Å². The molecule has 0 N–H and O–H groups in total. The van der Waals surface area contributed by atoms with Crippen LogP contribution in [0.1, 0.15) is 53.4 Å². The van der Waals surface area contributed by atoms with Gasteiger partial charge in [-0.3, -0.25) is 4.79 Å². The summed E-state index contributed by atoms with van der Waals surface area (Å²) in [6.45, 7) is 9.20. The molecule has 3 heteroatoms. The normalized spacial score (nSPS) is 12.8. The summed E-state index contributed by atoms with van der Waals surface area (Å²) in [5.41, 5.74) is 0. The highest BCUT2D eigenvalue weighted by Crippen LogP contribution is 2.17. The molecule has 0 aromatic heterocycles. The van der Waals surface area contributed by atoms with Crippen LogP contribution >= 0.6 is 11.8 Å². The van der Waals surface area contributed by atoms with E-state index in [0.29, 0.717) is 12.4 Å². The number of esters is 1. The molecule has 0 aromatic rings. The van der Waals surface area contributed by atoms with Gasteiger partial charge in [0.15, 0.2) is 0 Å². The van der Waals surface area contributed by atoms with Crippen molar-refractivity contribution in [3.63, 3.8) is 0 Å². The largest absolute Gasteiger partial charge is 0.465 e. The molecule has 17 heavy (non-hydrogen) atoms. The van der Waals surface area contributed by atoms with Crippen molar-refractivity contribution in [3.8, 4) is 0 Å². The summed E-state index contributed by atoms with van der Waals surface area (Å²) in [6, 6.07) is 0. The third-order valence-electron chi connectivity index (χ3n) is 2.76. The lowest BCUT2D eigenvalue weighted by molar-refractivity contribution is -0.139. The molecule has 0 rings (SSSR count). The van der Waals surface area contributed by atoms with Crippen molar-refractivity contribution in [2.24, 2.45) is 11.8 Å². The zero-order chi connectivity index (χ0) is 13.1. The van der Waals surface area contributed by atoms with Gasteiger partial charge in [0.05, 0.1) is 12.4 Å². The van der Waals surface area contributed by atoms with E-state index in [9.17, 15) is 4.79 Å². The Hall–Kier alpha value is -0.180. The lowest BCUT2D eigenvalue weighted by Gasteiger charge is -2.11. The van der Waals surface area contributed by atoms with E-state index in [1.807, 2.05) is 6.92 Å². The molecule has 0 aromatic carbocycles. The molecule has 0 heterocycles. The van der Waals surface area contributed by atoms with Crippen LogP contribution in [0, 0.1) is 11.8 Å². The molecule has 0 saturated heterocycles. The third-order valence-corrected chi connectivity index (χ3v) is 3.72. The van der Waals surface area contributed by atoms with Gasteiger partial charge in [0.25, 0.3) is 0 Å². The standard InChI is InChI=1S/C14H28O2S/c1-5-16-14(15)11-17-10-9-13(4)8-6-7-12(2)3/h12-13H,5-11H2,1-4H3. The topological polar surface area (TPSA) is 26.3 Å². The van der Waals surface area contributed by atoms with E-state index < -0.39 is 0 Å². The van der Waals surface area contributed by atoms with Gasteiger partial charge in [0, 0.05) is 0 Å². The van der Waals surface area contributed by atoms with Crippen molar-refractivity contribution in [1.82, 2.24) is 0 Å². The predicted molar refractivity (Wildman–Crippen MR) is 76.4 cm³/mol. The minimum Gasteiger partial charge on any atom is -0.465 e. The van der Waals surface area contributed by atoms with E-state index in [0.717, 1.165) is 17.6 Å². The van der Waals surface area contributed by atoms with Gasteiger partial charge in [-0.15, -0.1) is 0 Å². The first-order valence-corrected chi connectivity index (χ1v) is 7.95. The summed E-state index contributed by atoms with van der Waals surface area (Å²) < 4.78 is 4.88. The van der Waals surface area contributed by atoms with Gasteiger partial charge >= 0.3 is 5.97 Å². The van der Waals surface area contributed by atoms with Crippen LogP contribution in [0.3, 0.4) is 0 Å². The molecule has 0 bridgehead atoms. The van der Waals surface area contributed by atoms with Gasteiger partial charge in [-0.1, -0.05) is 40.0 Å². The Balaban J connectivity index is 3.32. The maximum atomic E-state index is 11.1. The van der Waals surface area contributed by atoms with Gasteiger partial charge in [-0.05, 0) is 30.9 Å². The van der Waals surface area contributed by atoms with Crippen LogP contribution in [0.5, 0.6) is 0 Å². The number of ether oxygens (including phenoxy) is 1. The van der Waals surface area contributed by atoms with Crippen molar-refractivity contribution in [2.75, 3.05) is 18.1 Å². The van der Waals surface area contributed by atoms with Crippen molar-refractivity contribution < 1.29 is 9.53 Å². The van der Waals surface area contributed by atoms with Gasteiger partial charge in [-0.2, -0.15) is 11.8 Å². The number of carbonyl (C=O) groups is 1. The Bertz CT molecular complexity index is 193. The highest BCUT2D eigenvalue weighted by atomic mass is 32.2. The summed E-state index contributed by atoms with van der Waals surface area (Å²) in [5.74, 6) is 3.10. The van der Waals surface area contributed by atoms with Crippen LogP contribution in [-0.2, 0) is 9.53 Å². The van der Waals surface area contributed by atoms with E-state index in [4.69, 9.17) is 4.74 Å². The highest BCUT2D eigenvalue weighted by Gasteiger charge is 2.05. The molecule has 0 fully saturated rings. The molecule has 0 aliphatic carbocycles. The lowest BCUT2D eigenvalue weighted by atomic mass is 9.98. The Morgan fingerprint density at radius 3 is 2.47 bits per heavy atom. The van der Waals surface area contributed by atoms with E-state index in [1.165, 1.54) is 25.7 Å². The van der Waals surface area contributed by atoms with Crippen LogP contribution in [-0.4, -0.2) is 24.1 Å². The molecule has 0 radical (unpaired) electrons. The van der Waals surface area contributed by atoms with Crippen LogP contribution in [0.15, 0.2) is 0 Å². The number of thioether (sulfide) groups is 1. The lowest BCUT2D eigenvalue weighted by Crippen LogP contribution is -2.07. The second-order valence-electron chi connectivity index (χ2n) is 5.08. The quantitative estimate of drug-likeness (QED) is 0.436. The van der Waals surface area contributed by atoms with E-state index in [-0.39, 0.29) is 5.97 Å². The van der Waals surface area contributed by atoms with Crippen LogP contribution in [0.25, 0.3) is 0 Å². The van der Waals surface area contributed by atoms with Crippen molar-refractivity contribution in [1.29, 1.82) is 0 Å². The average Bonchev–Trinajstić information content (AvgIpc) is 2.24. The van der Waals surface area contributed by atoms with Gasteiger partial charge in [0.1, 0.15) is 0 Å². The molecule has 0 amide bonds. The van der Waals surface area contributed by atoms with E-state index in [1.54, 1.807) is 11.8 Å². The molecule has 1 atom stereocenters. The monoisotopic (exact) mass is 260 g/mol. The molecule has 0 aliphatic heterocycles. The number of rotatable bonds is 10. The van der Waals surface area contributed by atoms with Gasteiger partial charge < -0.3 is 4.74 Å². The maximum absolute atomic E-state index is 11.1. The summed E-state index contributed by atoms with van der Waals surface area (Å²) in [4.78, 5) is 11.1. The summed E-state index contributed by atoms with van der Waals surface area (Å²) in [6.07, 6.45) is 5.20. The predicted octanol–water partition coefficient (Wildman–Crippen LogP) is 4.14. The Morgan fingerprint density at radius 1 is 1.18 bits per heavy atom. The summed E-state index contributed by atoms with van der Waals surface area (Å²) in [5, 5.41) is 0. The van der Waals surface area contributed by atoms with Crippen molar-refractivity contribution in [3.05, 3.63) is 0 Å². The first-order valence-electron chi connectivity index (χ1n) is 6.79.